The van der Waals surface area contributed by atoms with E-state index in [0.29, 0.717) is 6.04 Å². The summed E-state index contributed by atoms with van der Waals surface area (Å²) in [5, 5.41) is 3.73. The first-order valence-corrected chi connectivity index (χ1v) is 9.70. The number of hydrogen-bond donors (Lipinski definition) is 2. The molecule has 126 valence electrons. The molecule has 3 aliphatic rings. The van der Waals surface area contributed by atoms with Gasteiger partial charge in [-0.1, -0.05) is 37.8 Å². The van der Waals surface area contributed by atoms with E-state index in [4.69, 9.17) is 5.73 Å². The van der Waals surface area contributed by atoms with Crippen molar-refractivity contribution in [1.29, 1.82) is 0 Å². The van der Waals surface area contributed by atoms with Crippen molar-refractivity contribution >= 4 is 11.4 Å². The number of rotatable bonds is 3. The topological polar surface area (TPSA) is 41.3 Å². The summed E-state index contributed by atoms with van der Waals surface area (Å²) in [6, 6.07) is 11.3. The van der Waals surface area contributed by atoms with Crippen molar-refractivity contribution in [3.05, 3.63) is 24.3 Å². The molecule has 0 unspecified atom stereocenters. The van der Waals surface area contributed by atoms with E-state index in [1.165, 1.54) is 64.2 Å². The van der Waals surface area contributed by atoms with E-state index < -0.39 is 0 Å². The van der Waals surface area contributed by atoms with Crippen LogP contribution in [-0.2, 0) is 0 Å². The van der Waals surface area contributed by atoms with Crippen LogP contribution >= 0.6 is 0 Å². The van der Waals surface area contributed by atoms with Crippen molar-refractivity contribution in [1.82, 2.24) is 4.90 Å². The van der Waals surface area contributed by atoms with Gasteiger partial charge < -0.3 is 11.1 Å². The summed E-state index contributed by atoms with van der Waals surface area (Å²) in [5.41, 5.74) is 8.12. The molecule has 2 saturated heterocycles. The zero-order valence-electron chi connectivity index (χ0n) is 14.2. The zero-order valence-corrected chi connectivity index (χ0v) is 14.2. The van der Waals surface area contributed by atoms with Crippen molar-refractivity contribution in [2.24, 2.45) is 0 Å². The second kappa shape index (κ2) is 6.72. The fourth-order valence-electron chi connectivity index (χ4n) is 5.33. The fraction of sp³-hybridized carbons (Fsp3) is 0.700. The van der Waals surface area contributed by atoms with Gasteiger partial charge >= 0.3 is 0 Å². The number of benzene rings is 1. The molecule has 23 heavy (non-hydrogen) atoms. The second-order valence-electron chi connectivity index (χ2n) is 7.88. The number of anilines is 2. The van der Waals surface area contributed by atoms with Gasteiger partial charge in [-0.05, 0) is 50.7 Å². The Hall–Kier alpha value is -1.22. The Balaban J connectivity index is 1.42. The predicted octanol–water partition coefficient (Wildman–Crippen LogP) is 4.40. The van der Waals surface area contributed by atoms with Crippen LogP contribution in [0.2, 0.25) is 0 Å². The van der Waals surface area contributed by atoms with Crippen molar-refractivity contribution in [2.75, 3.05) is 11.1 Å². The lowest BCUT2D eigenvalue weighted by molar-refractivity contribution is 0.0725. The van der Waals surface area contributed by atoms with Gasteiger partial charge in [0.2, 0.25) is 0 Å². The lowest BCUT2D eigenvalue weighted by Crippen LogP contribution is -2.51. The number of piperidine rings is 1. The van der Waals surface area contributed by atoms with Crippen LogP contribution in [0.4, 0.5) is 11.4 Å². The average molecular weight is 313 g/mol. The Morgan fingerprint density at radius 3 is 2.13 bits per heavy atom. The summed E-state index contributed by atoms with van der Waals surface area (Å²) in [6.07, 6.45) is 14.1. The summed E-state index contributed by atoms with van der Waals surface area (Å²) >= 11 is 0. The van der Waals surface area contributed by atoms with Crippen molar-refractivity contribution in [2.45, 2.75) is 88.4 Å². The number of hydrogen-bond acceptors (Lipinski definition) is 3. The third-order valence-electron chi connectivity index (χ3n) is 6.36. The molecule has 0 spiro atoms. The fourth-order valence-corrected chi connectivity index (χ4v) is 5.33. The molecule has 2 heterocycles. The monoisotopic (exact) mass is 313 g/mol. The van der Waals surface area contributed by atoms with Gasteiger partial charge in [-0.25, -0.2) is 0 Å². The van der Waals surface area contributed by atoms with Crippen LogP contribution in [0.3, 0.4) is 0 Å². The zero-order chi connectivity index (χ0) is 15.6. The standard InChI is InChI=1S/C20H31N3/c21-19-9-5-6-10-20(19)22-15-13-17-11-12-18(14-15)23(17)16-7-3-1-2-4-8-16/h5-6,9-10,15-18,22H,1-4,7-8,11-14,21H2/t15-,17+,18-. The van der Waals surface area contributed by atoms with E-state index in [2.05, 4.69) is 22.3 Å². The summed E-state index contributed by atoms with van der Waals surface area (Å²) in [6.45, 7) is 0. The van der Waals surface area contributed by atoms with Crippen LogP contribution in [0.1, 0.15) is 64.2 Å². The molecule has 2 aliphatic heterocycles. The number of nitrogens with two attached hydrogens (primary N) is 1. The van der Waals surface area contributed by atoms with E-state index in [1.807, 2.05) is 12.1 Å². The summed E-state index contributed by atoms with van der Waals surface area (Å²) in [5.74, 6) is 0. The SMILES string of the molecule is Nc1ccccc1N[C@H]1C[C@H]2CC[C@@H](C1)N2C1CCCCCC1. The van der Waals surface area contributed by atoms with Crippen LogP contribution in [0, 0.1) is 0 Å². The predicted molar refractivity (Wildman–Crippen MR) is 97.6 cm³/mol. The average Bonchev–Trinajstić information content (AvgIpc) is 2.76. The quantitative estimate of drug-likeness (QED) is 0.642. The largest absolute Gasteiger partial charge is 0.397 e. The Kier molecular flexibility index (Phi) is 4.48. The maximum absolute atomic E-state index is 6.11. The molecule has 3 N–H and O–H groups in total. The first-order chi connectivity index (χ1) is 11.3. The third kappa shape index (κ3) is 3.21. The minimum Gasteiger partial charge on any atom is -0.397 e. The minimum absolute atomic E-state index is 0.597. The Morgan fingerprint density at radius 1 is 0.826 bits per heavy atom. The van der Waals surface area contributed by atoms with Crippen LogP contribution < -0.4 is 11.1 Å². The van der Waals surface area contributed by atoms with E-state index in [0.717, 1.165) is 29.5 Å². The Morgan fingerprint density at radius 2 is 1.48 bits per heavy atom. The van der Waals surface area contributed by atoms with Gasteiger partial charge in [0.05, 0.1) is 11.4 Å². The Labute approximate surface area is 140 Å². The van der Waals surface area contributed by atoms with Crippen LogP contribution in [0.15, 0.2) is 24.3 Å². The van der Waals surface area contributed by atoms with Crippen LogP contribution in [0.5, 0.6) is 0 Å². The number of nitrogens with one attached hydrogen (secondary N) is 1. The molecule has 2 bridgehead atoms. The molecule has 0 radical (unpaired) electrons. The maximum Gasteiger partial charge on any atom is 0.0576 e. The Bertz CT molecular complexity index is 507. The number of fused-ring (bicyclic) bond motifs is 2. The summed E-state index contributed by atoms with van der Waals surface area (Å²) in [4.78, 5) is 2.94. The number of nitrogens with zero attached hydrogens (tertiary/aromatic N) is 1. The minimum atomic E-state index is 0.597. The number of para-hydroxylation sites is 2. The molecule has 0 aromatic heterocycles. The lowest BCUT2D eigenvalue weighted by atomic mass is 9.93. The molecule has 1 saturated carbocycles. The highest BCUT2D eigenvalue weighted by Crippen LogP contribution is 2.41. The molecule has 1 aromatic rings. The van der Waals surface area contributed by atoms with E-state index in [-0.39, 0.29) is 0 Å². The highest BCUT2D eigenvalue weighted by Gasteiger charge is 2.43. The normalized spacial score (nSPS) is 32.6. The summed E-state index contributed by atoms with van der Waals surface area (Å²) < 4.78 is 0. The molecule has 3 fully saturated rings. The van der Waals surface area contributed by atoms with E-state index in [1.54, 1.807) is 0 Å². The molecule has 3 heteroatoms. The van der Waals surface area contributed by atoms with Crippen LogP contribution in [-0.4, -0.2) is 29.1 Å². The smallest absolute Gasteiger partial charge is 0.0576 e. The highest BCUT2D eigenvalue weighted by molar-refractivity contribution is 5.66. The van der Waals surface area contributed by atoms with E-state index in [9.17, 15) is 0 Å². The van der Waals surface area contributed by atoms with Crippen molar-refractivity contribution in [3.63, 3.8) is 0 Å². The van der Waals surface area contributed by atoms with Gasteiger partial charge in [0.25, 0.3) is 0 Å². The molecular weight excluding hydrogens is 282 g/mol. The van der Waals surface area contributed by atoms with Crippen LogP contribution in [0.25, 0.3) is 0 Å². The van der Waals surface area contributed by atoms with Crippen molar-refractivity contribution in [3.8, 4) is 0 Å². The molecule has 1 aromatic carbocycles. The second-order valence-corrected chi connectivity index (χ2v) is 7.88. The maximum atomic E-state index is 6.11. The first-order valence-electron chi connectivity index (χ1n) is 9.70. The van der Waals surface area contributed by atoms with Crippen molar-refractivity contribution < 1.29 is 0 Å². The molecule has 3 nitrogen and oxygen atoms in total. The lowest BCUT2D eigenvalue weighted by Gasteiger charge is -2.44. The number of nitrogen functional groups attached to an aromatic ring is 1. The molecule has 1 aliphatic carbocycles. The third-order valence-corrected chi connectivity index (χ3v) is 6.36. The summed E-state index contributed by atoms with van der Waals surface area (Å²) in [7, 11) is 0. The molecular formula is C20H31N3. The van der Waals surface area contributed by atoms with Gasteiger partial charge in [0.15, 0.2) is 0 Å². The van der Waals surface area contributed by atoms with E-state index >= 15 is 0 Å². The van der Waals surface area contributed by atoms with Gasteiger partial charge in [0, 0.05) is 24.2 Å². The molecule has 3 atom stereocenters. The molecule has 0 amide bonds. The van der Waals surface area contributed by atoms with Gasteiger partial charge in [-0.3, -0.25) is 4.90 Å². The van der Waals surface area contributed by atoms with Gasteiger partial charge in [0.1, 0.15) is 0 Å². The highest BCUT2D eigenvalue weighted by atomic mass is 15.3. The van der Waals surface area contributed by atoms with Gasteiger partial charge in [-0.15, -0.1) is 0 Å². The molecule has 4 rings (SSSR count). The first kappa shape index (κ1) is 15.3. The van der Waals surface area contributed by atoms with Gasteiger partial charge in [-0.2, -0.15) is 0 Å².